The Labute approximate surface area is 95.3 Å². The zero-order valence-electron chi connectivity index (χ0n) is 10.1. The molecule has 5 nitrogen and oxygen atoms in total. The maximum atomic E-state index is 11.8. The molecule has 1 atom stereocenters. The number of anilines is 1. The van der Waals surface area contributed by atoms with Crippen LogP contribution in [0, 0.1) is 0 Å². The van der Waals surface area contributed by atoms with Gasteiger partial charge in [-0.2, -0.15) is 0 Å². The number of nitrogen functional groups attached to an aromatic ring is 1. The fourth-order valence-corrected chi connectivity index (χ4v) is 1.70. The van der Waals surface area contributed by atoms with Gasteiger partial charge in [-0.05, 0) is 12.3 Å². The second kappa shape index (κ2) is 5.12. The van der Waals surface area contributed by atoms with Crippen molar-refractivity contribution >= 4 is 5.82 Å². The number of hydrogen-bond donors (Lipinski definition) is 3. The molecule has 1 unspecified atom stereocenters. The van der Waals surface area contributed by atoms with E-state index in [4.69, 9.17) is 11.5 Å². The van der Waals surface area contributed by atoms with Crippen molar-refractivity contribution in [3.8, 4) is 0 Å². The Morgan fingerprint density at radius 1 is 1.44 bits per heavy atom. The minimum atomic E-state index is -0.249. The highest BCUT2D eigenvalue weighted by Gasteiger charge is 2.15. The van der Waals surface area contributed by atoms with Gasteiger partial charge in [-0.15, -0.1) is 0 Å². The lowest BCUT2D eigenvalue weighted by molar-refractivity contribution is 0.597. The molecule has 5 N–H and O–H groups in total. The third-order valence-electron chi connectivity index (χ3n) is 2.53. The van der Waals surface area contributed by atoms with Gasteiger partial charge >= 0.3 is 0 Å². The Hall–Kier alpha value is -1.36. The quantitative estimate of drug-likeness (QED) is 0.717. The number of nitrogens with two attached hydrogens (primary N) is 2. The van der Waals surface area contributed by atoms with Crippen molar-refractivity contribution in [3.63, 3.8) is 0 Å². The molecule has 1 aromatic heterocycles. The van der Waals surface area contributed by atoms with Crippen LogP contribution in [0.4, 0.5) is 5.82 Å². The van der Waals surface area contributed by atoms with Gasteiger partial charge in [-0.25, -0.2) is 4.98 Å². The minimum Gasteiger partial charge on any atom is -0.383 e. The first-order chi connectivity index (χ1) is 7.47. The molecule has 0 amide bonds. The summed E-state index contributed by atoms with van der Waals surface area (Å²) >= 11 is 0. The first-order valence-electron chi connectivity index (χ1n) is 5.62. The number of nitrogens with zero attached hydrogens (tertiary/aromatic N) is 1. The average Bonchev–Trinajstić information content (AvgIpc) is 2.16. The smallest absolute Gasteiger partial charge is 0.256 e. The summed E-state index contributed by atoms with van der Waals surface area (Å²) in [6.45, 7) is 5.85. The van der Waals surface area contributed by atoms with Gasteiger partial charge in [0.05, 0.1) is 11.6 Å². The standard InChI is InChI=1S/C11H20N4O/c1-4-5-7(12)10-14-9(13)8(6(2)3)11(16)15-10/h6-7H,4-5,12H2,1-3H3,(H3,13,14,15,16). The summed E-state index contributed by atoms with van der Waals surface area (Å²) in [5.41, 5.74) is 12.0. The molecule has 0 saturated carbocycles. The fraction of sp³-hybridized carbons (Fsp3) is 0.636. The lowest BCUT2D eigenvalue weighted by Crippen LogP contribution is -2.24. The second-order valence-corrected chi connectivity index (χ2v) is 4.30. The molecule has 0 bridgehead atoms. The molecule has 1 heterocycles. The van der Waals surface area contributed by atoms with Crippen molar-refractivity contribution in [2.24, 2.45) is 5.73 Å². The van der Waals surface area contributed by atoms with Crippen LogP contribution in [0.25, 0.3) is 0 Å². The number of aromatic nitrogens is 2. The van der Waals surface area contributed by atoms with E-state index in [2.05, 4.69) is 9.97 Å². The molecule has 1 rings (SSSR count). The zero-order valence-corrected chi connectivity index (χ0v) is 10.1. The van der Waals surface area contributed by atoms with Gasteiger partial charge in [-0.3, -0.25) is 4.79 Å². The van der Waals surface area contributed by atoms with E-state index >= 15 is 0 Å². The summed E-state index contributed by atoms with van der Waals surface area (Å²) in [7, 11) is 0. The molecule has 16 heavy (non-hydrogen) atoms. The number of aromatic amines is 1. The van der Waals surface area contributed by atoms with Crippen LogP contribution in [0.5, 0.6) is 0 Å². The summed E-state index contributed by atoms with van der Waals surface area (Å²) in [5, 5.41) is 0. The molecule has 1 aromatic rings. The molecule has 0 aliphatic carbocycles. The molecular weight excluding hydrogens is 204 g/mol. The Morgan fingerprint density at radius 2 is 2.06 bits per heavy atom. The topological polar surface area (TPSA) is 97.8 Å². The van der Waals surface area contributed by atoms with Crippen LogP contribution in [-0.4, -0.2) is 9.97 Å². The Balaban J connectivity index is 3.15. The van der Waals surface area contributed by atoms with Crippen molar-refractivity contribution in [2.75, 3.05) is 5.73 Å². The summed E-state index contributed by atoms with van der Waals surface area (Å²) < 4.78 is 0. The number of rotatable bonds is 4. The van der Waals surface area contributed by atoms with Crippen LogP contribution in [0.2, 0.25) is 0 Å². The highest BCUT2D eigenvalue weighted by atomic mass is 16.1. The van der Waals surface area contributed by atoms with Crippen LogP contribution in [0.15, 0.2) is 4.79 Å². The summed E-state index contributed by atoms with van der Waals surface area (Å²) in [4.78, 5) is 18.7. The monoisotopic (exact) mass is 224 g/mol. The number of hydrogen-bond acceptors (Lipinski definition) is 4. The molecule has 5 heteroatoms. The van der Waals surface area contributed by atoms with Crippen LogP contribution in [-0.2, 0) is 0 Å². The largest absolute Gasteiger partial charge is 0.383 e. The van der Waals surface area contributed by atoms with Gasteiger partial charge in [0, 0.05) is 0 Å². The Morgan fingerprint density at radius 3 is 2.50 bits per heavy atom. The number of H-pyrrole nitrogens is 1. The van der Waals surface area contributed by atoms with Crippen molar-refractivity contribution in [1.82, 2.24) is 9.97 Å². The molecular formula is C11H20N4O. The molecule has 0 aromatic carbocycles. The molecule has 0 aliphatic heterocycles. The maximum Gasteiger partial charge on any atom is 0.256 e. The molecule has 90 valence electrons. The SMILES string of the molecule is CCCC(N)c1nc(N)c(C(C)C)c(=O)[nH]1. The maximum absolute atomic E-state index is 11.8. The van der Waals surface area contributed by atoms with Gasteiger partial charge < -0.3 is 16.5 Å². The molecule has 0 aliphatic rings. The van der Waals surface area contributed by atoms with E-state index in [0.717, 1.165) is 12.8 Å². The molecule has 0 fully saturated rings. The normalized spacial score (nSPS) is 13.1. The fourth-order valence-electron chi connectivity index (χ4n) is 1.70. The van der Waals surface area contributed by atoms with Crippen molar-refractivity contribution < 1.29 is 0 Å². The van der Waals surface area contributed by atoms with Crippen molar-refractivity contribution in [1.29, 1.82) is 0 Å². The Kier molecular flexibility index (Phi) is 4.06. The van der Waals surface area contributed by atoms with Gasteiger partial charge in [-0.1, -0.05) is 27.2 Å². The molecule has 0 spiro atoms. The summed E-state index contributed by atoms with van der Waals surface area (Å²) in [6.07, 6.45) is 1.72. The van der Waals surface area contributed by atoms with Crippen LogP contribution < -0.4 is 17.0 Å². The lowest BCUT2D eigenvalue weighted by Gasteiger charge is -2.13. The third-order valence-corrected chi connectivity index (χ3v) is 2.53. The highest BCUT2D eigenvalue weighted by Crippen LogP contribution is 2.17. The van der Waals surface area contributed by atoms with E-state index in [-0.39, 0.29) is 17.5 Å². The van der Waals surface area contributed by atoms with E-state index in [1.165, 1.54) is 0 Å². The molecule has 0 radical (unpaired) electrons. The predicted octanol–water partition coefficient (Wildman–Crippen LogP) is 1.28. The van der Waals surface area contributed by atoms with Crippen LogP contribution >= 0.6 is 0 Å². The van der Waals surface area contributed by atoms with Crippen molar-refractivity contribution in [3.05, 3.63) is 21.7 Å². The minimum absolute atomic E-state index is 0.0627. The highest BCUT2D eigenvalue weighted by molar-refractivity contribution is 5.39. The Bertz CT molecular complexity index is 411. The van der Waals surface area contributed by atoms with Crippen LogP contribution in [0.1, 0.15) is 57.0 Å². The van der Waals surface area contributed by atoms with Gasteiger partial charge in [0.25, 0.3) is 5.56 Å². The first-order valence-corrected chi connectivity index (χ1v) is 5.62. The first kappa shape index (κ1) is 12.7. The van der Waals surface area contributed by atoms with E-state index in [1.54, 1.807) is 0 Å². The van der Waals surface area contributed by atoms with Gasteiger partial charge in [0.1, 0.15) is 11.6 Å². The average molecular weight is 224 g/mol. The van der Waals surface area contributed by atoms with E-state index in [1.807, 2.05) is 20.8 Å². The number of nitrogens with one attached hydrogen (secondary N) is 1. The zero-order chi connectivity index (χ0) is 12.3. The third kappa shape index (κ3) is 2.61. The van der Waals surface area contributed by atoms with Gasteiger partial charge in [0.2, 0.25) is 0 Å². The summed E-state index contributed by atoms with van der Waals surface area (Å²) in [6, 6.07) is -0.249. The van der Waals surface area contributed by atoms with E-state index in [9.17, 15) is 4.79 Å². The second-order valence-electron chi connectivity index (χ2n) is 4.30. The predicted molar refractivity (Wildman–Crippen MR) is 65.2 cm³/mol. The van der Waals surface area contributed by atoms with Crippen LogP contribution in [0.3, 0.4) is 0 Å². The lowest BCUT2D eigenvalue weighted by atomic mass is 10.1. The van der Waals surface area contributed by atoms with E-state index < -0.39 is 0 Å². The summed E-state index contributed by atoms with van der Waals surface area (Å²) in [5.74, 6) is 0.835. The molecule has 0 saturated heterocycles. The van der Waals surface area contributed by atoms with Gasteiger partial charge in [0.15, 0.2) is 0 Å². The van der Waals surface area contributed by atoms with E-state index in [0.29, 0.717) is 17.2 Å². The van der Waals surface area contributed by atoms with Crippen molar-refractivity contribution in [2.45, 2.75) is 45.6 Å².